The summed E-state index contributed by atoms with van der Waals surface area (Å²) in [6.45, 7) is 4.61. The lowest BCUT2D eigenvalue weighted by molar-refractivity contribution is 0.420. The summed E-state index contributed by atoms with van der Waals surface area (Å²) in [7, 11) is 0. The number of rotatable bonds is 2. The van der Waals surface area contributed by atoms with Crippen LogP contribution in [0.5, 0.6) is 0 Å². The highest BCUT2D eigenvalue weighted by molar-refractivity contribution is 5.03. The van der Waals surface area contributed by atoms with E-state index in [1.165, 1.54) is 12.8 Å². The van der Waals surface area contributed by atoms with Crippen molar-refractivity contribution in [1.82, 2.24) is 0 Å². The monoisotopic (exact) mass is 150 g/mol. The van der Waals surface area contributed by atoms with E-state index in [9.17, 15) is 0 Å². The molecular formula is C11H18. The molecule has 0 aromatic carbocycles. The zero-order valence-electron chi connectivity index (χ0n) is 7.59. The molecule has 0 spiro atoms. The first-order valence-electron chi connectivity index (χ1n) is 4.66. The van der Waals surface area contributed by atoms with Crippen molar-refractivity contribution < 1.29 is 0 Å². The molecule has 2 unspecified atom stereocenters. The molecule has 0 saturated carbocycles. The predicted octanol–water partition coefficient (Wildman–Crippen LogP) is 3.55. The van der Waals surface area contributed by atoms with Crippen LogP contribution in [0, 0.1) is 11.8 Å². The van der Waals surface area contributed by atoms with Crippen LogP contribution in [0.1, 0.15) is 33.1 Å². The van der Waals surface area contributed by atoms with Gasteiger partial charge in [-0.25, -0.2) is 0 Å². The summed E-state index contributed by atoms with van der Waals surface area (Å²) >= 11 is 0. The highest BCUT2D eigenvalue weighted by Crippen LogP contribution is 2.22. The van der Waals surface area contributed by atoms with Crippen LogP contribution in [-0.4, -0.2) is 0 Å². The molecule has 0 heterocycles. The molecule has 1 aliphatic carbocycles. The highest BCUT2D eigenvalue weighted by atomic mass is 14.2. The zero-order chi connectivity index (χ0) is 8.10. The van der Waals surface area contributed by atoms with E-state index in [0.29, 0.717) is 0 Å². The van der Waals surface area contributed by atoms with Gasteiger partial charge in [-0.1, -0.05) is 44.6 Å². The minimum absolute atomic E-state index is 0.791. The fourth-order valence-electron chi connectivity index (χ4n) is 1.48. The van der Waals surface area contributed by atoms with Crippen LogP contribution in [0.4, 0.5) is 0 Å². The third-order valence-corrected chi connectivity index (χ3v) is 2.61. The first-order valence-corrected chi connectivity index (χ1v) is 4.66. The average Bonchev–Trinajstić information content (AvgIpc) is 2.30. The number of allylic oxidation sites excluding steroid dienone is 4. The lowest BCUT2D eigenvalue weighted by Crippen LogP contribution is -2.06. The van der Waals surface area contributed by atoms with E-state index in [1.807, 2.05) is 0 Å². The first-order chi connectivity index (χ1) is 5.34. The molecule has 2 atom stereocenters. The van der Waals surface area contributed by atoms with Crippen LogP contribution >= 0.6 is 0 Å². The van der Waals surface area contributed by atoms with Crippen molar-refractivity contribution in [3.05, 3.63) is 24.3 Å². The summed E-state index contributed by atoms with van der Waals surface area (Å²) in [6, 6.07) is 0. The molecule has 0 N–H and O–H groups in total. The molecule has 11 heavy (non-hydrogen) atoms. The summed E-state index contributed by atoms with van der Waals surface area (Å²) in [5.41, 5.74) is 0. The number of hydrogen-bond acceptors (Lipinski definition) is 0. The molecule has 0 heteroatoms. The predicted molar refractivity (Wildman–Crippen MR) is 50.5 cm³/mol. The second kappa shape index (κ2) is 4.38. The Labute approximate surface area is 70.0 Å². The fraction of sp³-hybridized carbons (Fsp3) is 0.636. The van der Waals surface area contributed by atoms with Gasteiger partial charge >= 0.3 is 0 Å². The topological polar surface area (TPSA) is 0 Å². The van der Waals surface area contributed by atoms with E-state index in [0.717, 1.165) is 18.3 Å². The average molecular weight is 150 g/mol. The van der Waals surface area contributed by atoms with Crippen molar-refractivity contribution in [3.63, 3.8) is 0 Å². The van der Waals surface area contributed by atoms with Crippen LogP contribution in [0.3, 0.4) is 0 Å². The minimum Gasteiger partial charge on any atom is -0.0876 e. The smallest absolute Gasteiger partial charge is 0.0169 e. The molecule has 0 radical (unpaired) electrons. The van der Waals surface area contributed by atoms with E-state index >= 15 is 0 Å². The van der Waals surface area contributed by atoms with E-state index in [4.69, 9.17) is 0 Å². The Balaban J connectivity index is 2.49. The van der Waals surface area contributed by atoms with E-state index < -0.39 is 0 Å². The van der Waals surface area contributed by atoms with Crippen molar-refractivity contribution in [3.8, 4) is 0 Å². The minimum atomic E-state index is 0.791. The lowest BCUT2D eigenvalue weighted by Gasteiger charge is -2.16. The lowest BCUT2D eigenvalue weighted by atomic mass is 9.89. The van der Waals surface area contributed by atoms with Crippen molar-refractivity contribution in [2.75, 3.05) is 0 Å². The van der Waals surface area contributed by atoms with E-state index in [2.05, 4.69) is 38.2 Å². The van der Waals surface area contributed by atoms with Gasteiger partial charge in [0.1, 0.15) is 0 Å². The van der Waals surface area contributed by atoms with Crippen molar-refractivity contribution in [2.45, 2.75) is 33.1 Å². The maximum Gasteiger partial charge on any atom is -0.0169 e. The van der Waals surface area contributed by atoms with Gasteiger partial charge < -0.3 is 0 Å². The Hall–Kier alpha value is -0.520. The van der Waals surface area contributed by atoms with Crippen LogP contribution in [-0.2, 0) is 0 Å². The number of hydrogen-bond donors (Lipinski definition) is 0. The summed E-state index contributed by atoms with van der Waals surface area (Å²) < 4.78 is 0. The Kier molecular flexibility index (Phi) is 3.41. The third-order valence-electron chi connectivity index (χ3n) is 2.61. The van der Waals surface area contributed by atoms with Crippen molar-refractivity contribution >= 4 is 0 Å². The van der Waals surface area contributed by atoms with Crippen LogP contribution < -0.4 is 0 Å². The molecule has 0 amide bonds. The fourth-order valence-corrected chi connectivity index (χ4v) is 1.48. The Morgan fingerprint density at radius 1 is 1.36 bits per heavy atom. The van der Waals surface area contributed by atoms with Crippen LogP contribution in [0.15, 0.2) is 24.3 Å². The molecule has 0 aromatic rings. The van der Waals surface area contributed by atoms with Gasteiger partial charge in [-0.05, 0) is 24.7 Å². The second-order valence-electron chi connectivity index (χ2n) is 3.42. The summed E-state index contributed by atoms with van der Waals surface area (Å²) in [6.07, 6.45) is 12.9. The quantitative estimate of drug-likeness (QED) is 0.528. The zero-order valence-corrected chi connectivity index (χ0v) is 7.59. The van der Waals surface area contributed by atoms with Gasteiger partial charge in [0.15, 0.2) is 0 Å². The van der Waals surface area contributed by atoms with E-state index in [-0.39, 0.29) is 0 Å². The molecule has 0 bridgehead atoms. The van der Waals surface area contributed by atoms with Gasteiger partial charge in [-0.2, -0.15) is 0 Å². The standard InChI is InChI=1S/C11H18/c1-3-10(2)11-8-6-4-5-7-9-11/h4,6-7,9-11H,3,5,8H2,1-2H3. The Morgan fingerprint density at radius 3 is 2.91 bits per heavy atom. The SMILES string of the molecule is CCC(C)C1C=CCC=CC1. The largest absolute Gasteiger partial charge is 0.0876 e. The van der Waals surface area contributed by atoms with Gasteiger partial charge in [0.25, 0.3) is 0 Å². The summed E-state index contributed by atoms with van der Waals surface area (Å²) in [5.74, 6) is 1.63. The van der Waals surface area contributed by atoms with Gasteiger partial charge in [0.2, 0.25) is 0 Å². The molecule has 1 aliphatic rings. The van der Waals surface area contributed by atoms with E-state index in [1.54, 1.807) is 0 Å². The van der Waals surface area contributed by atoms with Crippen molar-refractivity contribution in [2.24, 2.45) is 11.8 Å². The molecule has 62 valence electrons. The second-order valence-corrected chi connectivity index (χ2v) is 3.42. The summed E-state index contributed by atoms with van der Waals surface area (Å²) in [5, 5.41) is 0. The molecule has 0 fully saturated rings. The molecule has 0 aliphatic heterocycles. The normalized spacial score (nSPS) is 26.5. The van der Waals surface area contributed by atoms with Gasteiger partial charge in [-0.3, -0.25) is 0 Å². The molecule has 0 nitrogen and oxygen atoms in total. The maximum atomic E-state index is 2.38. The third kappa shape index (κ3) is 2.53. The van der Waals surface area contributed by atoms with Gasteiger partial charge in [-0.15, -0.1) is 0 Å². The molecule has 0 aromatic heterocycles. The van der Waals surface area contributed by atoms with Gasteiger partial charge in [0.05, 0.1) is 0 Å². The highest BCUT2D eigenvalue weighted by Gasteiger charge is 2.11. The molecular weight excluding hydrogens is 132 g/mol. The Morgan fingerprint density at radius 2 is 2.18 bits per heavy atom. The van der Waals surface area contributed by atoms with Gasteiger partial charge in [0, 0.05) is 0 Å². The summed E-state index contributed by atoms with van der Waals surface area (Å²) in [4.78, 5) is 0. The van der Waals surface area contributed by atoms with Crippen molar-refractivity contribution in [1.29, 1.82) is 0 Å². The molecule has 0 saturated heterocycles. The van der Waals surface area contributed by atoms with Crippen LogP contribution in [0.25, 0.3) is 0 Å². The maximum absolute atomic E-state index is 2.38. The first kappa shape index (κ1) is 8.58. The molecule has 1 rings (SSSR count). The van der Waals surface area contributed by atoms with Crippen LogP contribution in [0.2, 0.25) is 0 Å². The Bertz CT molecular complexity index is 153.